The van der Waals surface area contributed by atoms with Crippen LogP contribution in [0.4, 0.5) is 0 Å². The van der Waals surface area contributed by atoms with Crippen molar-refractivity contribution in [2.45, 2.75) is 38.1 Å². The summed E-state index contributed by atoms with van der Waals surface area (Å²) >= 11 is 0. The minimum Gasteiger partial charge on any atom is -0.790 e. The first kappa shape index (κ1) is 23.5. The van der Waals surface area contributed by atoms with E-state index >= 15 is 0 Å². The number of hydrogen-bond donors (Lipinski definition) is 2. The molecule has 0 saturated carbocycles. The molecule has 2 N–H and O–H groups in total. The lowest BCUT2D eigenvalue weighted by atomic mass is 10.1. The molecule has 3 atom stereocenters. The third-order valence-electron chi connectivity index (χ3n) is 3.50. The molecule has 28 heavy (non-hydrogen) atoms. The number of ether oxygens (including phenoxy) is 1. The van der Waals surface area contributed by atoms with Crippen molar-refractivity contribution in [3.05, 3.63) is 43.0 Å². The molecule has 1 aliphatic heterocycles. The number of nitriles is 1. The van der Waals surface area contributed by atoms with Gasteiger partial charge in [-0.3, -0.25) is 14.3 Å². The highest BCUT2D eigenvalue weighted by molar-refractivity contribution is 7.43. The van der Waals surface area contributed by atoms with E-state index in [9.17, 15) is 23.9 Å². The first-order chi connectivity index (χ1) is 13.1. The van der Waals surface area contributed by atoms with Crippen molar-refractivity contribution in [2.24, 2.45) is 5.11 Å². The van der Waals surface area contributed by atoms with Gasteiger partial charge in [0, 0.05) is 23.1 Å². The van der Waals surface area contributed by atoms with Crippen LogP contribution in [-0.4, -0.2) is 40.0 Å². The second kappa shape index (κ2) is 10.7. The Hall–Kier alpha value is -2.49. The molecule has 0 radical (unpaired) electrons. The summed E-state index contributed by atoms with van der Waals surface area (Å²) in [6.07, 6.45) is 0.240. The fraction of sp³-hybridized carbons (Fsp3) is 0.615. The van der Waals surface area contributed by atoms with E-state index in [2.05, 4.69) is 19.5 Å². The number of nitrogens with zero attached hydrogens (tertiary/aromatic N) is 5. The van der Waals surface area contributed by atoms with Crippen LogP contribution in [-0.2, 0) is 13.8 Å². The second-order valence-electron chi connectivity index (χ2n) is 5.49. The average molecular weight is 416 g/mol. The highest BCUT2D eigenvalue weighted by atomic mass is 31.2. The Bertz CT molecular complexity index is 911. The Morgan fingerprint density at radius 3 is 2.82 bits per heavy atom. The van der Waals surface area contributed by atoms with Crippen LogP contribution < -0.4 is 21.0 Å². The van der Waals surface area contributed by atoms with Crippen LogP contribution in [0.2, 0.25) is 0 Å². The topological polar surface area (TPSA) is 229 Å². The molecule has 2 rings (SSSR count). The number of H-pyrrole nitrogens is 1. The zero-order valence-corrected chi connectivity index (χ0v) is 15.5. The Morgan fingerprint density at radius 2 is 2.29 bits per heavy atom. The molecule has 15 heteroatoms. The third kappa shape index (κ3) is 7.26. The van der Waals surface area contributed by atoms with Gasteiger partial charge >= 0.3 is 5.69 Å². The molecule has 1 fully saturated rings. The number of rotatable bonds is 6. The standard InChI is InChI=1S/C10H13N5O4.C3H6NO4P/c1-5-3-15(10(18)12-9(5)17)8-2-6(13-14-11)7(4-16)19-8;4-2-1-3-8-9(5,6)7/h3,6-8,16H,2,4H2,1H3,(H,12,17,18);1,3H2,(H2,5,6,7)/p-2/t6-,7+,8+;/m0./s1. The Balaban J connectivity index is 0.000000370. The number of hydrogen-bond acceptors (Lipinski definition) is 10. The number of aliphatic hydroxyl groups is 1. The number of aromatic amines is 1. The normalized spacial score (nSPS) is 21.2. The predicted molar refractivity (Wildman–Crippen MR) is 88.4 cm³/mol. The van der Waals surface area contributed by atoms with Crippen LogP contribution in [0, 0.1) is 18.3 Å². The van der Waals surface area contributed by atoms with E-state index in [1.807, 2.05) is 0 Å². The highest BCUT2D eigenvalue weighted by Crippen LogP contribution is 2.29. The number of nitrogens with one attached hydrogen (secondary N) is 1. The summed E-state index contributed by atoms with van der Waals surface area (Å²) in [6, 6.07) is 1.07. The maximum atomic E-state index is 11.7. The fourth-order valence-electron chi connectivity index (χ4n) is 2.24. The molecule has 0 bridgehead atoms. The number of phosphoric acid groups is 1. The van der Waals surface area contributed by atoms with Crippen LogP contribution in [0.5, 0.6) is 0 Å². The minimum atomic E-state index is -4.85. The molecule has 1 aromatic rings. The van der Waals surface area contributed by atoms with Crippen molar-refractivity contribution in [2.75, 3.05) is 13.2 Å². The average Bonchev–Trinajstić information content (AvgIpc) is 3.01. The number of aromatic nitrogens is 2. The SMILES string of the molecule is Cc1cn([C@H]2C[C@H](N=[N+]=[N-])[C@@H](CO)O2)c(=O)[nH]c1=O.N#CCCOP(=O)([O-])[O-]. The Morgan fingerprint density at radius 1 is 1.61 bits per heavy atom. The molecule has 0 unspecified atom stereocenters. The molecule has 0 aliphatic carbocycles. The maximum Gasteiger partial charge on any atom is 0.330 e. The van der Waals surface area contributed by atoms with E-state index in [1.165, 1.54) is 10.8 Å². The van der Waals surface area contributed by atoms with Crippen LogP contribution in [0.15, 0.2) is 20.9 Å². The van der Waals surface area contributed by atoms with Gasteiger partial charge < -0.3 is 28.7 Å². The summed E-state index contributed by atoms with van der Waals surface area (Å²) in [7, 11) is -4.85. The van der Waals surface area contributed by atoms with Crippen molar-refractivity contribution >= 4 is 7.82 Å². The number of aliphatic hydroxyl groups excluding tert-OH is 1. The van der Waals surface area contributed by atoms with Gasteiger partial charge in [0.2, 0.25) is 0 Å². The van der Waals surface area contributed by atoms with Gasteiger partial charge in [-0.2, -0.15) is 5.26 Å². The lowest BCUT2D eigenvalue weighted by molar-refractivity contribution is -0.341. The molecule has 154 valence electrons. The number of phosphoric ester groups is 1. The first-order valence-corrected chi connectivity index (χ1v) is 9.25. The van der Waals surface area contributed by atoms with Crippen molar-refractivity contribution in [1.29, 1.82) is 5.26 Å². The minimum absolute atomic E-state index is 0.0888. The smallest absolute Gasteiger partial charge is 0.330 e. The van der Waals surface area contributed by atoms with E-state index < -0.39 is 37.4 Å². The van der Waals surface area contributed by atoms with E-state index in [-0.39, 0.29) is 26.1 Å². The van der Waals surface area contributed by atoms with Crippen LogP contribution in [0.3, 0.4) is 0 Å². The van der Waals surface area contributed by atoms with Gasteiger partial charge in [0.15, 0.2) is 0 Å². The van der Waals surface area contributed by atoms with Crippen LogP contribution >= 0.6 is 7.82 Å². The molecule has 14 nitrogen and oxygen atoms in total. The molecule has 0 amide bonds. The maximum absolute atomic E-state index is 11.7. The third-order valence-corrected chi connectivity index (χ3v) is 4.00. The summed E-state index contributed by atoms with van der Waals surface area (Å²) in [5, 5.41) is 20.5. The van der Waals surface area contributed by atoms with Gasteiger partial charge in [-0.25, -0.2) is 4.79 Å². The van der Waals surface area contributed by atoms with Crippen LogP contribution in [0.25, 0.3) is 10.4 Å². The van der Waals surface area contributed by atoms with E-state index in [4.69, 9.17) is 20.6 Å². The quantitative estimate of drug-likeness (QED) is 0.181. The summed E-state index contributed by atoms with van der Waals surface area (Å²) < 4.78 is 20.0. The van der Waals surface area contributed by atoms with E-state index in [0.717, 1.165) is 0 Å². The molecular weight excluding hydrogens is 399 g/mol. The Kier molecular flexibility index (Phi) is 9.04. The van der Waals surface area contributed by atoms with Gasteiger partial charge in [0.05, 0.1) is 45.7 Å². The summed E-state index contributed by atoms with van der Waals surface area (Å²) in [6.45, 7) is 0.913. The van der Waals surface area contributed by atoms with Gasteiger partial charge in [-0.05, 0) is 12.5 Å². The van der Waals surface area contributed by atoms with Crippen molar-refractivity contribution < 1.29 is 28.7 Å². The molecule has 1 aromatic heterocycles. The van der Waals surface area contributed by atoms with Crippen molar-refractivity contribution in [3.63, 3.8) is 0 Å². The number of aryl methyl sites for hydroxylation is 1. The lowest BCUT2D eigenvalue weighted by Gasteiger charge is -2.27. The van der Waals surface area contributed by atoms with Crippen LogP contribution in [0.1, 0.15) is 24.6 Å². The predicted octanol–water partition coefficient (Wildman–Crippen LogP) is -1.45. The summed E-state index contributed by atoms with van der Waals surface area (Å²) in [5.41, 5.74) is 7.76. The lowest BCUT2D eigenvalue weighted by Crippen LogP contribution is -2.33. The fourth-order valence-corrected chi connectivity index (χ4v) is 2.56. The second-order valence-corrected chi connectivity index (χ2v) is 6.64. The molecule has 0 spiro atoms. The van der Waals surface area contributed by atoms with Gasteiger partial charge in [-0.15, -0.1) is 0 Å². The molecular formula is C13H17N6O8P-2. The van der Waals surface area contributed by atoms with Crippen molar-refractivity contribution in [3.8, 4) is 6.07 Å². The molecule has 1 saturated heterocycles. The highest BCUT2D eigenvalue weighted by Gasteiger charge is 2.35. The monoisotopic (exact) mass is 416 g/mol. The van der Waals surface area contributed by atoms with Gasteiger partial charge in [-0.1, -0.05) is 5.11 Å². The molecule has 2 heterocycles. The summed E-state index contributed by atoms with van der Waals surface area (Å²) in [4.78, 5) is 47.1. The zero-order valence-electron chi connectivity index (χ0n) is 14.6. The van der Waals surface area contributed by atoms with Gasteiger partial charge in [0.1, 0.15) is 6.23 Å². The molecule has 1 aliphatic rings. The zero-order chi connectivity index (χ0) is 21.3. The largest absolute Gasteiger partial charge is 0.790 e. The van der Waals surface area contributed by atoms with Gasteiger partial charge in [0.25, 0.3) is 5.56 Å². The van der Waals surface area contributed by atoms with E-state index in [0.29, 0.717) is 5.56 Å². The number of azide groups is 1. The summed E-state index contributed by atoms with van der Waals surface area (Å²) in [5.74, 6) is 0. The molecule has 0 aromatic carbocycles. The van der Waals surface area contributed by atoms with E-state index in [1.54, 1.807) is 13.0 Å². The van der Waals surface area contributed by atoms with Crippen molar-refractivity contribution in [1.82, 2.24) is 9.55 Å². The Labute approximate surface area is 157 Å². The first-order valence-electron chi connectivity index (χ1n) is 7.79.